The van der Waals surface area contributed by atoms with Gasteiger partial charge in [-0.05, 0) is 81.5 Å². The highest BCUT2D eigenvalue weighted by Gasteiger charge is 2.77. The summed E-state index contributed by atoms with van der Waals surface area (Å²) in [4.78, 5) is 27.1. The fourth-order valence-corrected chi connectivity index (χ4v) is 19.4. The molecule has 578 valence electrons. The predicted octanol–water partition coefficient (Wildman–Crippen LogP) is -3.93. The van der Waals surface area contributed by atoms with E-state index in [0.29, 0.717) is 44.9 Å². The molecule has 4 aliphatic carbocycles. The van der Waals surface area contributed by atoms with Gasteiger partial charge in [0.2, 0.25) is 0 Å². The number of cyclic esters (lactones) is 1. The Balaban J connectivity index is 0.827. The third-order valence-electron chi connectivity index (χ3n) is 24.6. The maximum absolute atomic E-state index is 14.8. The van der Waals surface area contributed by atoms with Crippen molar-refractivity contribution in [3.8, 4) is 0 Å². The summed E-state index contributed by atoms with van der Waals surface area (Å²) in [5, 5.41) is 167. The van der Waals surface area contributed by atoms with Gasteiger partial charge in [0.15, 0.2) is 37.7 Å². The van der Waals surface area contributed by atoms with Crippen LogP contribution in [-0.4, -0.2) is 332 Å². The molecule has 11 aliphatic rings. The summed E-state index contributed by atoms with van der Waals surface area (Å²) in [6.07, 6.45) is -41.2. The van der Waals surface area contributed by atoms with Gasteiger partial charge in [-0.3, -0.25) is 9.59 Å². The molecule has 0 amide bonds. The van der Waals surface area contributed by atoms with Crippen molar-refractivity contribution in [2.24, 2.45) is 39.4 Å². The van der Waals surface area contributed by atoms with E-state index in [4.69, 9.17) is 75.8 Å². The summed E-state index contributed by atoms with van der Waals surface area (Å²) < 4.78 is 95.6. The van der Waals surface area contributed by atoms with Crippen LogP contribution in [0.25, 0.3) is 0 Å². The normalized spacial score (nSPS) is 50.8. The number of ether oxygens (including phenoxy) is 16. The molecule has 10 fully saturated rings. The molecule has 1 spiro atoms. The van der Waals surface area contributed by atoms with Crippen LogP contribution in [0.4, 0.5) is 0 Å². The second-order valence-corrected chi connectivity index (χ2v) is 31.0. The minimum atomic E-state index is -2.07. The van der Waals surface area contributed by atoms with E-state index in [-0.39, 0.29) is 29.1 Å². The molecule has 7 aliphatic heterocycles. The number of aliphatic hydroxyl groups is 15. The number of methoxy groups -OCH3 is 2. The first-order valence-corrected chi connectivity index (χ1v) is 35.2. The molecule has 2 unspecified atom stereocenters. The van der Waals surface area contributed by atoms with Crippen molar-refractivity contribution in [1.82, 2.24) is 0 Å². The average Bonchev–Trinajstić information content (AvgIpc) is 1.53. The van der Waals surface area contributed by atoms with Crippen LogP contribution in [0.5, 0.6) is 0 Å². The van der Waals surface area contributed by atoms with Crippen LogP contribution in [0.1, 0.15) is 106 Å². The molecule has 7 saturated heterocycles. The molecule has 37 atom stereocenters. The van der Waals surface area contributed by atoms with Crippen LogP contribution in [-0.2, 0) is 85.4 Å². The van der Waals surface area contributed by atoms with Crippen LogP contribution in [0, 0.1) is 39.4 Å². The van der Waals surface area contributed by atoms with Gasteiger partial charge in [0.05, 0.1) is 51.2 Å². The fourth-order valence-electron chi connectivity index (χ4n) is 19.4. The second kappa shape index (κ2) is 31.1. The van der Waals surface area contributed by atoms with E-state index in [9.17, 15) is 86.2 Å². The number of carbonyl (C=O) groups is 2. The number of rotatable bonds is 23. The van der Waals surface area contributed by atoms with Crippen molar-refractivity contribution in [2.45, 2.75) is 296 Å². The lowest BCUT2D eigenvalue weighted by molar-refractivity contribution is -0.392. The van der Waals surface area contributed by atoms with E-state index in [1.165, 1.54) is 26.7 Å². The number of esters is 2. The summed E-state index contributed by atoms with van der Waals surface area (Å²) in [7, 11) is 2.36. The smallest absolute Gasteiger partial charge is 0.313 e. The van der Waals surface area contributed by atoms with E-state index in [1.54, 1.807) is 0 Å². The monoisotopic (exact) mass is 1450 g/mol. The van der Waals surface area contributed by atoms with E-state index >= 15 is 0 Å². The Morgan fingerprint density at radius 1 is 0.535 bits per heavy atom. The van der Waals surface area contributed by atoms with Gasteiger partial charge >= 0.3 is 11.9 Å². The molecule has 3 saturated carbocycles. The van der Waals surface area contributed by atoms with Gasteiger partial charge in [-0.25, -0.2) is 0 Å². The zero-order chi connectivity index (χ0) is 73.5. The third kappa shape index (κ3) is 14.2. The van der Waals surface area contributed by atoms with Crippen LogP contribution in [0.15, 0.2) is 23.8 Å². The van der Waals surface area contributed by atoms with Crippen molar-refractivity contribution >= 4 is 11.9 Å². The van der Waals surface area contributed by atoms with Crippen molar-refractivity contribution in [2.75, 3.05) is 53.9 Å². The fraction of sp³-hybridized carbons (Fsp3) is 0.912. The van der Waals surface area contributed by atoms with Gasteiger partial charge in [0, 0.05) is 45.3 Å². The zero-order valence-corrected chi connectivity index (χ0v) is 58.5. The lowest BCUT2D eigenvalue weighted by Crippen LogP contribution is -2.67. The molecular formula is C68H108O33. The van der Waals surface area contributed by atoms with E-state index in [0.717, 1.165) is 18.4 Å². The van der Waals surface area contributed by atoms with Crippen molar-refractivity contribution in [3.63, 3.8) is 0 Å². The van der Waals surface area contributed by atoms with Gasteiger partial charge in [0.1, 0.15) is 146 Å². The van der Waals surface area contributed by atoms with Crippen LogP contribution in [0.2, 0.25) is 0 Å². The lowest BCUT2D eigenvalue weighted by Gasteiger charge is -2.64. The van der Waals surface area contributed by atoms with Crippen LogP contribution < -0.4 is 0 Å². The molecule has 0 radical (unpaired) electrons. The van der Waals surface area contributed by atoms with E-state index in [2.05, 4.69) is 40.3 Å². The predicted molar refractivity (Wildman–Crippen MR) is 337 cm³/mol. The number of fused-ring (bicyclic) bond motifs is 4. The van der Waals surface area contributed by atoms with Crippen molar-refractivity contribution in [1.29, 1.82) is 0 Å². The first-order valence-electron chi connectivity index (χ1n) is 35.2. The Morgan fingerprint density at radius 3 is 1.49 bits per heavy atom. The van der Waals surface area contributed by atoms with Gasteiger partial charge in [-0.2, -0.15) is 0 Å². The van der Waals surface area contributed by atoms with Gasteiger partial charge < -0.3 is 152 Å². The SMILES string of the molecule is C=C(C)C[C@@H](C[C@]1(C)OC(=O)[C@]23CCC4C(=CCC5C(C)(C)[C@@H](O[C@@H]6OC[C@@H](O[C@@H]7O[C@H](CO)[C@@H](O)[C@H](O[C@@H]8O[C@H](CO)[C@@H](O)[C@H](OC)[C@H]8O)[C@H]7O)[C@H](O)[C@H]6O[C@@H]6OC[C@@H](O[C@@H]7O[C@H](CO)[C@@H](O)[C@H](O[C@@H]8O[C@H](CO)[C@@H](O)[C@H](OC)[C@H]8O)[C@H]7O)[C@H](O)[C@H]6O)CC[C@]45C)[C@]2(C)CC[C@@H]31)OC(C)=O. The van der Waals surface area contributed by atoms with Gasteiger partial charge in [-0.1, -0.05) is 44.9 Å². The Kier molecular flexibility index (Phi) is 24.4. The van der Waals surface area contributed by atoms with Gasteiger partial charge in [0.25, 0.3) is 0 Å². The molecule has 15 N–H and O–H groups in total. The number of hydrogen-bond donors (Lipinski definition) is 15. The molecule has 0 aromatic carbocycles. The Bertz CT molecular complexity index is 2860. The minimum absolute atomic E-state index is 0.0355. The Labute approximate surface area is 585 Å². The number of hydrogen-bond acceptors (Lipinski definition) is 33. The maximum atomic E-state index is 14.8. The van der Waals surface area contributed by atoms with Crippen molar-refractivity contribution in [3.05, 3.63) is 23.8 Å². The standard InChI is InChI=1S/C68H108O33/c1-27(2)19-29(90-28(3)73)20-67(8)39-14-17-66(7)31-11-12-38-64(4,5)40(15-16-65(38,6)30(31)13-18-68(39,66)63(85)101-67)97-62-56(46(79)37(26-89-62)96-59-51(84)55(45(78)35(24-72)92-59)99-61-49(82)53(87-10)43(76)33(22-70)94-61)100-57-47(80)41(74)36(25-88-57)95-58-50(83)54(44(77)34(23-71)91-58)98-60-48(81)52(86-9)42(75)32(21-69)93-60/h11,29-30,32-62,69-72,74-84H,1,12-26H2,2-10H3/t29-,30?,32+,33+,34+,35+,36+,37+,38?,39+,40-,41-,42+,43+,44+,45+,46-,47+,48+,49+,50+,51+,52-,53-,54-,55-,56+,57-,58-,59-,60-,61-,62-,65+,66-,67-,68+/m0/s1. The molecule has 0 bridgehead atoms. The molecule has 33 heteroatoms. The number of allylic oxidation sites excluding steroid dienone is 2. The molecule has 11 rings (SSSR count). The molecule has 0 aromatic rings. The molecule has 0 aromatic heterocycles. The first-order chi connectivity index (χ1) is 47.7. The lowest BCUT2D eigenvalue weighted by atomic mass is 9.41. The molecular weight excluding hydrogens is 1340 g/mol. The summed E-state index contributed by atoms with van der Waals surface area (Å²) in [5.41, 5.74) is -1.12. The maximum Gasteiger partial charge on any atom is 0.313 e. The molecule has 33 nitrogen and oxygen atoms in total. The first kappa shape index (κ1) is 79.3. The number of carbonyl (C=O) groups excluding carboxylic acids is 2. The Morgan fingerprint density at radius 2 is 1.00 bits per heavy atom. The highest BCUT2D eigenvalue weighted by atomic mass is 16.8. The molecule has 7 heterocycles. The highest BCUT2D eigenvalue weighted by molar-refractivity contribution is 5.83. The topological polar surface area (TPSA) is 485 Å². The molecule has 101 heavy (non-hydrogen) atoms. The largest absolute Gasteiger partial charge is 0.462 e. The summed E-state index contributed by atoms with van der Waals surface area (Å²) in [5.74, 6) is -0.743. The summed E-state index contributed by atoms with van der Waals surface area (Å²) >= 11 is 0. The summed E-state index contributed by atoms with van der Waals surface area (Å²) in [6.45, 7) is 13.6. The quantitative estimate of drug-likeness (QED) is 0.0343. The van der Waals surface area contributed by atoms with E-state index < -0.39 is 252 Å². The highest BCUT2D eigenvalue weighted by Crippen LogP contribution is 2.76. The minimum Gasteiger partial charge on any atom is -0.462 e. The zero-order valence-electron chi connectivity index (χ0n) is 58.5. The Hall–Kier alpha value is -2.74. The summed E-state index contributed by atoms with van der Waals surface area (Å²) in [6, 6.07) is 0. The third-order valence-corrected chi connectivity index (χ3v) is 24.6. The van der Waals surface area contributed by atoms with Gasteiger partial charge in [-0.15, -0.1) is 6.58 Å². The average molecular weight is 1450 g/mol. The number of aliphatic hydroxyl groups excluding tert-OH is 15. The van der Waals surface area contributed by atoms with Crippen molar-refractivity contribution < 1.29 is 162 Å². The van der Waals surface area contributed by atoms with Crippen LogP contribution >= 0.6 is 0 Å². The second-order valence-electron chi connectivity index (χ2n) is 31.0. The van der Waals surface area contributed by atoms with Crippen LogP contribution in [0.3, 0.4) is 0 Å². The van der Waals surface area contributed by atoms with E-state index in [1.807, 2.05) is 13.8 Å².